The molecule has 0 saturated carbocycles. The van der Waals surface area contributed by atoms with Crippen LogP contribution in [-0.2, 0) is 4.74 Å². The topological polar surface area (TPSA) is 69.2 Å². The molecule has 7 nitrogen and oxygen atoms in total. The maximum Gasteiger partial charge on any atom is 0.410 e. The van der Waals surface area contributed by atoms with Crippen molar-refractivity contribution in [2.24, 2.45) is 16.8 Å². The van der Waals surface area contributed by atoms with Crippen molar-refractivity contribution in [1.82, 2.24) is 20.4 Å². The van der Waals surface area contributed by atoms with Crippen LogP contribution in [0.1, 0.15) is 60.3 Å². The number of ether oxygens (including phenoxy) is 1. The summed E-state index contributed by atoms with van der Waals surface area (Å²) in [7, 11) is 1.82. The predicted molar refractivity (Wildman–Crippen MR) is 119 cm³/mol. The first-order valence-corrected chi connectivity index (χ1v) is 11.3. The molecule has 2 unspecified atom stereocenters. The molecule has 168 valence electrons. The van der Waals surface area contributed by atoms with Crippen molar-refractivity contribution in [2.45, 2.75) is 71.9 Å². The number of carbonyl (C=O) groups is 1. The van der Waals surface area contributed by atoms with E-state index in [9.17, 15) is 4.79 Å². The SMILES string of the molecule is CN=C(NCC1CCCN(CC(C)C)C1)NC1CCCN(C(=O)OC(C)(C)C)C1. The summed E-state index contributed by atoms with van der Waals surface area (Å²) in [5.74, 6) is 2.21. The Morgan fingerprint density at radius 1 is 1.17 bits per heavy atom. The third-order valence-electron chi connectivity index (χ3n) is 5.42. The van der Waals surface area contributed by atoms with Gasteiger partial charge in [-0.05, 0) is 64.8 Å². The Hall–Kier alpha value is -1.50. The fourth-order valence-corrected chi connectivity index (χ4v) is 4.22. The molecule has 2 rings (SSSR count). The molecular weight excluding hydrogens is 366 g/mol. The largest absolute Gasteiger partial charge is 0.444 e. The molecule has 2 aliphatic rings. The Kier molecular flexibility index (Phi) is 9.05. The van der Waals surface area contributed by atoms with Crippen molar-refractivity contribution in [1.29, 1.82) is 0 Å². The number of hydrogen-bond donors (Lipinski definition) is 2. The molecule has 7 heteroatoms. The second-order valence-electron chi connectivity index (χ2n) is 10.0. The summed E-state index contributed by atoms with van der Waals surface area (Å²) < 4.78 is 5.53. The lowest BCUT2D eigenvalue weighted by molar-refractivity contribution is 0.0193. The molecule has 0 aromatic rings. The first kappa shape index (κ1) is 23.8. The highest BCUT2D eigenvalue weighted by Crippen LogP contribution is 2.17. The maximum atomic E-state index is 12.4. The Balaban J connectivity index is 1.78. The highest BCUT2D eigenvalue weighted by atomic mass is 16.6. The highest BCUT2D eigenvalue weighted by molar-refractivity contribution is 5.80. The van der Waals surface area contributed by atoms with Gasteiger partial charge in [0.05, 0.1) is 0 Å². The molecular formula is C22H43N5O2. The Morgan fingerprint density at radius 2 is 1.90 bits per heavy atom. The number of hydrogen-bond acceptors (Lipinski definition) is 4. The lowest BCUT2D eigenvalue weighted by Crippen LogP contribution is -2.54. The standard InChI is InChI=1S/C22H43N5O2/c1-17(2)14-26-11-7-9-18(15-26)13-24-20(23-6)25-19-10-8-12-27(16-19)21(28)29-22(3,4)5/h17-19H,7-16H2,1-6H3,(H2,23,24,25). The van der Waals surface area contributed by atoms with E-state index in [4.69, 9.17) is 4.74 Å². The summed E-state index contributed by atoms with van der Waals surface area (Å²) >= 11 is 0. The van der Waals surface area contributed by atoms with Gasteiger partial charge >= 0.3 is 6.09 Å². The summed E-state index contributed by atoms with van der Waals surface area (Å²) in [6.07, 6.45) is 4.33. The number of piperidine rings is 2. The second kappa shape index (κ2) is 11.0. The summed E-state index contributed by atoms with van der Waals surface area (Å²) in [4.78, 5) is 21.2. The van der Waals surface area contributed by atoms with E-state index in [0.717, 1.165) is 44.4 Å². The van der Waals surface area contributed by atoms with Crippen LogP contribution < -0.4 is 10.6 Å². The minimum absolute atomic E-state index is 0.200. The number of rotatable bonds is 5. The molecule has 0 aromatic carbocycles. The van der Waals surface area contributed by atoms with Crippen LogP contribution in [-0.4, -0.2) is 79.8 Å². The number of carbonyl (C=O) groups excluding carboxylic acids is 1. The summed E-state index contributed by atoms with van der Waals surface area (Å²) in [6.45, 7) is 16.2. The molecule has 0 aliphatic carbocycles. The summed E-state index contributed by atoms with van der Waals surface area (Å²) in [6, 6.07) is 0.200. The molecule has 2 saturated heterocycles. The highest BCUT2D eigenvalue weighted by Gasteiger charge is 2.28. The molecule has 2 aliphatic heterocycles. The smallest absolute Gasteiger partial charge is 0.410 e. The van der Waals surface area contributed by atoms with Crippen LogP contribution in [0, 0.1) is 11.8 Å². The number of aliphatic imine (C=N–C) groups is 1. The van der Waals surface area contributed by atoms with Crippen molar-refractivity contribution in [3.8, 4) is 0 Å². The van der Waals surface area contributed by atoms with Crippen LogP contribution in [0.25, 0.3) is 0 Å². The molecule has 0 aromatic heterocycles. The first-order chi connectivity index (χ1) is 13.7. The van der Waals surface area contributed by atoms with Gasteiger partial charge in [-0.2, -0.15) is 0 Å². The van der Waals surface area contributed by atoms with Crippen molar-refractivity contribution in [2.75, 3.05) is 46.3 Å². The molecule has 1 amide bonds. The number of nitrogens with zero attached hydrogens (tertiary/aromatic N) is 3. The average molecular weight is 410 g/mol. The molecule has 0 spiro atoms. The summed E-state index contributed by atoms with van der Waals surface area (Å²) in [5, 5.41) is 7.03. The maximum absolute atomic E-state index is 12.4. The molecule has 2 N–H and O–H groups in total. The first-order valence-electron chi connectivity index (χ1n) is 11.3. The fourth-order valence-electron chi connectivity index (χ4n) is 4.22. The zero-order valence-electron chi connectivity index (χ0n) is 19.5. The van der Waals surface area contributed by atoms with E-state index in [1.807, 2.05) is 32.7 Å². The van der Waals surface area contributed by atoms with Gasteiger partial charge in [0.15, 0.2) is 5.96 Å². The van der Waals surface area contributed by atoms with Crippen LogP contribution in [0.4, 0.5) is 4.79 Å². The number of likely N-dealkylation sites (tertiary alicyclic amines) is 2. The van der Waals surface area contributed by atoms with Gasteiger partial charge in [-0.1, -0.05) is 13.8 Å². The van der Waals surface area contributed by atoms with E-state index < -0.39 is 5.60 Å². The van der Waals surface area contributed by atoms with E-state index in [1.54, 1.807) is 0 Å². The average Bonchev–Trinajstić information content (AvgIpc) is 2.63. The van der Waals surface area contributed by atoms with Crippen LogP contribution in [0.15, 0.2) is 4.99 Å². The van der Waals surface area contributed by atoms with Gasteiger partial charge in [0, 0.05) is 45.8 Å². The molecule has 2 heterocycles. The molecule has 29 heavy (non-hydrogen) atoms. The Labute approximate surface area is 177 Å². The zero-order valence-corrected chi connectivity index (χ0v) is 19.5. The monoisotopic (exact) mass is 409 g/mol. The number of amides is 1. The van der Waals surface area contributed by atoms with Gasteiger partial charge in [0.1, 0.15) is 5.60 Å². The molecule has 0 bridgehead atoms. The van der Waals surface area contributed by atoms with Gasteiger partial charge in [-0.25, -0.2) is 4.79 Å². The Morgan fingerprint density at radius 3 is 2.55 bits per heavy atom. The third-order valence-corrected chi connectivity index (χ3v) is 5.42. The van der Waals surface area contributed by atoms with Gasteiger partial charge in [0.2, 0.25) is 0 Å². The van der Waals surface area contributed by atoms with Crippen LogP contribution in [0.3, 0.4) is 0 Å². The van der Waals surface area contributed by atoms with Crippen LogP contribution in [0.5, 0.6) is 0 Å². The zero-order chi connectivity index (χ0) is 21.4. The number of nitrogens with one attached hydrogen (secondary N) is 2. The van der Waals surface area contributed by atoms with Crippen molar-refractivity contribution in [3.63, 3.8) is 0 Å². The van der Waals surface area contributed by atoms with Gasteiger partial charge < -0.3 is 25.2 Å². The Bertz CT molecular complexity index is 544. The molecule has 0 radical (unpaired) electrons. The number of guanidine groups is 1. The van der Waals surface area contributed by atoms with E-state index in [0.29, 0.717) is 12.5 Å². The van der Waals surface area contributed by atoms with Crippen LogP contribution in [0.2, 0.25) is 0 Å². The van der Waals surface area contributed by atoms with Crippen molar-refractivity contribution < 1.29 is 9.53 Å². The summed E-state index contributed by atoms with van der Waals surface area (Å²) in [5.41, 5.74) is -0.460. The fraction of sp³-hybridized carbons (Fsp3) is 0.909. The van der Waals surface area contributed by atoms with E-state index in [-0.39, 0.29) is 12.1 Å². The lowest BCUT2D eigenvalue weighted by Gasteiger charge is -2.36. The predicted octanol–water partition coefficient (Wildman–Crippen LogP) is 2.92. The van der Waals surface area contributed by atoms with Crippen molar-refractivity contribution in [3.05, 3.63) is 0 Å². The van der Waals surface area contributed by atoms with Gasteiger partial charge in [-0.15, -0.1) is 0 Å². The van der Waals surface area contributed by atoms with E-state index in [2.05, 4.69) is 34.4 Å². The van der Waals surface area contributed by atoms with E-state index >= 15 is 0 Å². The van der Waals surface area contributed by atoms with Gasteiger partial charge in [-0.3, -0.25) is 4.99 Å². The molecule has 2 fully saturated rings. The van der Waals surface area contributed by atoms with Gasteiger partial charge in [0.25, 0.3) is 0 Å². The third kappa shape index (κ3) is 8.81. The minimum Gasteiger partial charge on any atom is -0.444 e. The normalized spacial score (nSPS) is 24.5. The molecule has 2 atom stereocenters. The van der Waals surface area contributed by atoms with Crippen LogP contribution >= 0.6 is 0 Å². The second-order valence-corrected chi connectivity index (χ2v) is 10.0. The quantitative estimate of drug-likeness (QED) is 0.540. The minimum atomic E-state index is -0.460. The van der Waals surface area contributed by atoms with E-state index in [1.165, 1.54) is 25.9 Å². The van der Waals surface area contributed by atoms with Crippen molar-refractivity contribution >= 4 is 12.1 Å². The lowest BCUT2D eigenvalue weighted by atomic mass is 9.97.